The van der Waals surface area contributed by atoms with Crippen molar-refractivity contribution in [2.45, 2.75) is 0 Å². The number of aromatic nitrogens is 6. The van der Waals surface area contributed by atoms with Crippen LogP contribution < -0.4 is 5.73 Å². The molecule has 7 nitrogen and oxygen atoms in total. The van der Waals surface area contributed by atoms with E-state index in [9.17, 15) is 0 Å². The highest BCUT2D eigenvalue weighted by atomic mass is 35.5. The van der Waals surface area contributed by atoms with Crippen LogP contribution in [0.15, 0.2) is 30.5 Å². The standard InChI is InChI=1S/C11H10ClN7/c1-18-5-4-10(15-18)19-11(14-16-17-19)8-3-2-7(13)6-9(8)12/h2-6H,13H2,1H3. The van der Waals surface area contributed by atoms with Crippen LogP contribution in [0.2, 0.25) is 5.02 Å². The molecule has 8 heteroatoms. The van der Waals surface area contributed by atoms with Gasteiger partial charge in [-0.05, 0) is 28.6 Å². The van der Waals surface area contributed by atoms with Crippen molar-refractivity contribution in [2.24, 2.45) is 7.05 Å². The zero-order chi connectivity index (χ0) is 13.4. The molecule has 3 aromatic rings. The number of hydrogen-bond donors (Lipinski definition) is 1. The Hall–Kier alpha value is -2.41. The van der Waals surface area contributed by atoms with Gasteiger partial charge in [0.2, 0.25) is 0 Å². The van der Waals surface area contributed by atoms with Gasteiger partial charge in [-0.15, -0.1) is 5.10 Å². The van der Waals surface area contributed by atoms with E-state index < -0.39 is 0 Å². The van der Waals surface area contributed by atoms with E-state index in [4.69, 9.17) is 17.3 Å². The van der Waals surface area contributed by atoms with Gasteiger partial charge >= 0.3 is 0 Å². The lowest BCUT2D eigenvalue weighted by molar-refractivity contribution is 0.715. The van der Waals surface area contributed by atoms with Crippen molar-refractivity contribution in [1.82, 2.24) is 30.0 Å². The topological polar surface area (TPSA) is 87.4 Å². The molecule has 0 aliphatic carbocycles. The first-order valence-corrected chi connectivity index (χ1v) is 5.87. The van der Waals surface area contributed by atoms with E-state index in [1.807, 2.05) is 19.3 Å². The Labute approximate surface area is 113 Å². The van der Waals surface area contributed by atoms with Crippen LogP contribution in [-0.4, -0.2) is 30.0 Å². The fourth-order valence-corrected chi connectivity index (χ4v) is 2.01. The molecule has 0 unspecified atom stereocenters. The predicted molar refractivity (Wildman–Crippen MR) is 70.8 cm³/mol. The predicted octanol–water partition coefficient (Wildman–Crippen LogP) is 1.30. The normalized spacial score (nSPS) is 10.8. The fraction of sp³-hybridized carbons (Fsp3) is 0.0909. The molecule has 0 saturated heterocycles. The molecule has 0 aliphatic heterocycles. The summed E-state index contributed by atoms with van der Waals surface area (Å²) in [5.74, 6) is 1.14. The van der Waals surface area contributed by atoms with Gasteiger partial charge in [-0.1, -0.05) is 11.6 Å². The number of anilines is 1. The molecule has 19 heavy (non-hydrogen) atoms. The highest BCUT2D eigenvalue weighted by Crippen LogP contribution is 2.28. The van der Waals surface area contributed by atoms with Crippen LogP contribution in [0.5, 0.6) is 0 Å². The Morgan fingerprint density at radius 2 is 2.11 bits per heavy atom. The molecule has 0 spiro atoms. The second-order valence-corrected chi connectivity index (χ2v) is 4.41. The number of aryl methyl sites for hydroxylation is 1. The Kier molecular flexibility index (Phi) is 2.68. The van der Waals surface area contributed by atoms with E-state index in [0.29, 0.717) is 27.9 Å². The summed E-state index contributed by atoms with van der Waals surface area (Å²) in [6.07, 6.45) is 1.81. The number of benzene rings is 1. The summed E-state index contributed by atoms with van der Waals surface area (Å²) in [6.45, 7) is 0. The second-order valence-electron chi connectivity index (χ2n) is 4.00. The van der Waals surface area contributed by atoms with Gasteiger partial charge in [-0.2, -0.15) is 9.78 Å². The number of tetrazole rings is 1. The van der Waals surface area contributed by atoms with Crippen molar-refractivity contribution in [3.63, 3.8) is 0 Å². The molecular formula is C11H10ClN7. The summed E-state index contributed by atoms with van der Waals surface area (Å²) in [7, 11) is 1.82. The minimum absolute atomic E-state index is 0.493. The van der Waals surface area contributed by atoms with Crippen molar-refractivity contribution in [3.05, 3.63) is 35.5 Å². The molecule has 0 aliphatic rings. The average molecular weight is 276 g/mol. The largest absolute Gasteiger partial charge is 0.399 e. The van der Waals surface area contributed by atoms with Gasteiger partial charge in [0.25, 0.3) is 0 Å². The maximum absolute atomic E-state index is 6.17. The highest BCUT2D eigenvalue weighted by molar-refractivity contribution is 6.33. The Balaban J connectivity index is 2.14. The van der Waals surface area contributed by atoms with Crippen LogP contribution in [0.4, 0.5) is 5.69 Å². The Morgan fingerprint density at radius 1 is 1.26 bits per heavy atom. The van der Waals surface area contributed by atoms with Crippen molar-refractivity contribution in [2.75, 3.05) is 5.73 Å². The fourth-order valence-electron chi connectivity index (χ4n) is 1.74. The minimum Gasteiger partial charge on any atom is -0.399 e. The van der Waals surface area contributed by atoms with Crippen LogP contribution in [0.1, 0.15) is 0 Å². The third kappa shape index (κ3) is 2.04. The smallest absolute Gasteiger partial charge is 0.190 e. The third-order valence-electron chi connectivity index (χ3n) is 2.62. The van der Waals surface area contributed by atoms with Crippen LogP contribution in [0, 0.1) is 0 Å². The molecule has 0 saturated carbocycles. The number of rotatable bonds is 2. The number of nitrogens with two attached hydrogens (primary N) is 1. The quantitative estimate of drug-likeness (QED) is 0.712. The van der Waals surface area contributed by atoms with E-state index in [-0.39, 0.29) is 0 Å². The zero-order valence-electron chi connectivity index (χ0n) is 10.0. The molecule has 0 radical (unpaired) electrons. The number of halogens is 1. The van der Waals surface area contributed by atoms with E-state index in [2.05, 4.69) is 20.6 Å². The molecular weight excluding hydrogens is 266 g/mol. The van der Waals surface area contributed by atoms with Gasteiger partial charge in [-0.3, -0.25) is 4.68 Å². The van der Waals surface area contributed by atoms with E-state index in [1.54, 1.807) is 22.9 Å². The van der Waals surface area contributed by atoms with Crippen LogP contribution in [0.25, 0.3) is 17.2 Å². The minimum atomic E-state index is 0.493. The molecule has 0 bridgehead atoms. The lowest BCUT2D eigenvalue weighted by Gasteiger charge is -2.04. The second kappa shape index (κ2) is 4.36. The molecule has 0 amide bonds. The van der Waals surface area contributed by atoms with Gasteiger partial charge in [0.15, 0.2) is 11.6 Å². The van der Waals surface area contributed by atoms with Crippen LogP contribution >= 0.6 is 11.6 Å². The Morgan fingerprint density at radius 3 is 2.79 bits per heavy atom. The van der Waals surface area contributed by atoms with Gasteiger partial charge in [0.1, 0.15) is 0 Å². The molecule has 1 aromatic carbocycles. The first-order chi connectivity index (χ1) is 9.15. The van der Waals surface area contributed by atoms with Gasteiger partial charge in [0.05, 0.1) is 5.02 Å². The first-order valence-electron chi connectivity index (χ1n) is 5.49. The number of hydrogen-bond acceptors (Lipinski definition) is 5. The zero-order valence-corrected chi connectivity index (χ0v) is 10.8. The lowest BCUT2D eigenvalue weighted by atomic mass is 10.2. The molecule has 2 aromatic heterocycles. The van der Waals surface area contributed by atoms with Gasteiger partial charge in [-0.25, -0.2) is 0 Å². The average Bonchev–Trinajstić information content (AvgIpc) is 2.97. The lowest BCUT2D eigenvalue weighted by Crippen LogP contribution is -2.02. The van der Waals surface area contributed by atoms with Gasteiger partial charge in [0, 0.05) is 30.6 Å². The summed E-state index contributed by atoms with van der Waals surface area (Å²) in [6, 6.07) is 7.00. The maximum atomic E-state index is 6.17. The van der Waals surface area contributed by atoms with Gasteiger partial charge < -0.3 is 5.73 Å². The molecule has 0 atom stereocenters. The van der Waals surface area contributed by atoms with Crippen molar-refractivity contribution < 1.29 is 0 Å². The van der Waals surface area contributed by atoms with Crippen molar-refractivity contribution in [1.29, 1.82) is 0 Å². The molecule has 2 N–H and O–H groups in total. The Bertz CT molecular complexity index is 730. The van der Waals surface area contributed by atoms with E-state index >= 15 is 0 Å². The van der Waals surface area contributed by atoms with E-state index in [1.165, 1.54) is 4.68 Å². The summed E-state index contributed by atoms with van der Waals surface area (Å²) in [5.41, 5.74) is 6.96. The summed E-state index contributed by atoms with van der Waals surface area (Å²) < 4.78 is 3.20. The highest BCUT2D eigenvalue weighted by Gasteiger charge is 2.15. The SMILES string of the molecule is Cn1ccc(-n2nnnc2-c2ccc(N)cc2Cl)n1. The first kappa shape index (κ1) is 11.7. The molecule has 3 rings (SSSR count). The summed E-state index contributed by atoms with van der Waals surface area (Å²) in [4.78, 5) is 0. The monoisotopic (exact) mass is 275 g/mol. The van der Waals surface area contributed by atoms with E-state index in [0.717, 1.165) is 0 Å². The van der Waals surface area contributed by atoms with Crippen molar-refractivity contribution in [3.8, 4) is 17.2 Å². The molecule has 96 valence electrons. The summed E-state index contributed by atoms with van der Waals surface area (Å²) in [5, 5.41) is 16.3. The van der Waals surface area contributed by atoms with Crippen molar-refractivity contribution >= 4 is 17.3 Å². The van der Waals surface area contributed by atoms with Crippen LogP contribution in [-0.2, 0) is 7.05 Å². The summed E-state index contributed by atoms with van der Waals surface area (Å²) >= 11 is 6.17. The molecule has 0 fully saturated rings. The van der Waals surface area contributed by atoms with Crippen LogP contribution in [0.3, 0.4) is 0 Å². The molecule has 2 heterocycles. The third-order valence-corrected chi connectivity index (χ3v) is 2.93. The maximum Gasteiger partial charge on any atom is 0.190 e. The number of nitrogens with zero attached hydrogens (tertiary/aromatic N) is 6. The number of nitrogen functional groups attached to an aromatic ring is 1.